The van der Waals surface area contributed by atoms with E-state index in [1.165, 1.54) is 16.7 Å². The van der Waals surface area contributed by atoms with Gasteiger partial charge in [0.05, 0.1) is 0 Å². The van der Waals surface area contributed by atoms with Crippen LogP contribution in [0.2, 0.25) is 0 Å². The Morgan fingerprint density at radius 2 is 1.76 bits per heavy atom. The van der Waals surface area contributed by atoms with Gasteiger partial charge in [-0.3, -0.25) is 0 Å². The van der Waals surface area contributed by atoms with Crippen molar-refractivity contribution < 1.29 is 4.74 Å². The zero-order valence-electron chi connectivity index (χ0n) is 13.2. The topological polar surface area (TPSA) is 21.3 Å². The molecule has 0 amide bonds. The Morgan fingerprint density at radius 1 is 1.00 bits per heavy atom. The van der Waals surface area contributed by atoms with Crippen molar-refractivity contribution in [2.24, 2.45) is 0 Å². The number of rotatable bonds is 7. The van der Waals surface area contributed by atoms with Gasteiger partial charge in [-0.1, -0.05) is 57.2 Å². The van der Waals surface area contributed by atoms with Crippen LogP contribution in [0.5, 0.6) is 5.75 Å². The first kappa shape index (κ1) is 15.6. The van der Waals surface area contributed by atoms with Crippen LogP contribution in [0.4, 0.5) is 0 Å². The summed E-state index contributed by atoms with van der Waals surface area (Å²) in [4.78, 5) is 0. The third-order valence-electron chi connectivity index (χ3n) is 3.52. The molecule has 2 heteroatoms. The minimum atomic E-state index is 0.486. The molecular formula is C19H25NO. The van der Waals surface area contributed by atoms with Crippen molar-refractivity contribution in [3.05, 3.63) is 65.2 Å². The van der Waals surface area contributed by atoms with Crippen molar-refractivity contribution in [3.8, 4) is 5.75 Å². The Morgan fingerprint density at radius 3 is 2.48 bits per heavy atom. The predicted molar refractivity (Wildman–Crippen MR) is 88.6 cm³/mol. The van der Waals surface area contributed by atoms with E-state index in [0.29, 0.717) is 12.6 Å². The molecule has 2 aromatic carbocycles. The summed E-state index contributed by atoms with van der Waals surface area (Å²) in [5, 5.41) is 3.46. The van der Waals surface area contributed by atoms with Gasteiger partial charge in [0, 0.05) is 12.6 Å². The number of hydrogen-bond acceptors (Lipinski definition) is 2. The fraction of sp³-hybridized carbons (Fsp3) is 0.368. The molecule has 0 saturated carbocycles. The summed E-state index contributed by atoms with van der Waals surface area (Å²) in [6.45, 7) is 7.98. The van der Waals surface area contributed by atoms with E-state index in [1.54, 1.807) is 0 Å². The molecule has 0 unspecified atom stereocenters. The lowest BCUT2D eigenvalue weighted by atomic mass is 10.1. The molecule has 0 bridgehead atoms. The van der Waals surface area contributed by atoms with Gasteiger partial charge < -0.3 is 10.1 Å². The second kappa shape index (κ2) is 7.84. The van der Waals surface area contributed by atoms with Gasteiger partial charge in [-0.25, -0.2) is 0 Å². The van der Waals surface area contributed by atoms with Crippen molar-refractivity contribution in [3.63, 3.8) is 0 Å². The van der Waals surface area contributed by atoms with Gasteiger partial charge in [-0.05, 0) is 35.2 Å². The molecular weight excluding hydrogens is 258 g/mol. The first-order valence-electron chi connectivity index (χ1n) is 7.71. The molecule has 0 fully saturated rings. The highest BCUT2D eigenvalue weighted by atomic mass is 16.5. The van der Waals surface area contributed by atoms with Crippen LogP contribution in [0.25, 0.3) is 0 Å². The van der Waals surface area contributed by atoms with E-state index in [-0.39, 0.29) is 0 Å². The number of ether oxygens (including phenoxy) is 1. The molecule has 0 spiro atoms. The van der Waals surface area contributed by atoms with Crippen molar-refractivity contribution in [2.75, 3.05) is 0 Å². The highest BCUT2D eigenvalue weighted by molar-refractivity contribution is 5.30. The molecule has 1 N–H and O–H groups in total. The minimum absolute atomic E-state index is 0.486. The van der Waals surface area contributed by atoms with Crippen LogP contribution in [-0.2, 0) is 19.6 Å². The maximum Gasteiger partial charge on any atom is 0.120 e. The van der Waals surface area contributed by atoms with Gasteiger partial charge in [0.2, 0.25) is 0 Å². The summed E-state index contributed by atoms with van der Waals surface area (Å²) in [7, 11) is 0. The van der Waals surface area contributed by atoms with Crippen LogP contribution in [0, 0.1) is 0 Å². The van der Waals surface area contributed by atoms with Crippen LogP contribution in [0.1, 0.15) is 37.5 Å². The van der Waals surface area contributed by atoms with E-state index in [9.17, 15) is 0 Å². The van der Waals surface area contributed by atoms with E-state index in [0.717, 1.165) is 18.7 Å². The molecule has 0 aromatic heterocycles. The summed E-state index contributed by atoms with van der Waals surface area (Å²) in [5.41, 5.74) is 3.85. The Balaban J connectivity index is 2.02. The Kier molecular flexibility index (Phi) is 5.82. The molecule has 0 saturated heterocycles. The average Bonchev–Trinajstić information content (AvgIpc) is 2.52. The monoisotopic (exact) mass is 283 g/mol. The minimum Gasteiger partial charge on any atom is -0.489 e. The molecule has 0 radical (unpaired) electrons. The predicted octanol–water partition coefficient (Wildman–Crippen LogP) is 4.33. The van der Waals surface area contributed by atoms with Crippen LogP contribution in [-0.4, -0.2) is 6.04 Å². The lowest BCUT2D eigenvalue weighted by molar-refractivity contribution is 0.304. The maximum atomic E-state index is 5.95. The summed E-state index contributed by atoms with van der Waals surface area (Å²) in [5.74, 6) is 0.945. The SMILES string of the molecule is CCc1cccc(OCc2ccccc2CNC(C)C)c1. The summed E-state index contributed by atoms with van der Waals surface area (Å²) in [6, 6.07) is 17.3. The summed E-state index contributed by atoms with van der Waals surface area (Å²) < 4.78 is 5.95. The van der Waals surface area contributed by atoms with Crippen molar-refractivity contribution in [1.82, 2.24) is 5.32 Å². The molecule has 0 atom stereocenters. The normalized spacial score (nSPS) is 10.9. The first-order valence-corrected chi connectivity index (χ1v) is 7.71. The standard InChI is InChI=1S/C19H25NO/c1-4-16-8-7-11-19(12-16)21-14-18-10-6-5-9-17(18)13-20-15(2)3/h5-12,15,20H,4,13-14H2,1-3H3. The zero-order valence-corrected chi connectivity index (χ0v) is 13.2. The molecule has 2 rings (SSSR count). The molecule has 0 aliphatic rings. The Bertz CT molecular complexity index is 563. The molecule has 0 aliphatic carbocycles. The number of benzene rings is 2. The van der Waals surface area contributed by atoms with E-state index >= 15 is 0 Å². The second-order valence-corrected chi connectivity index (χ2v) is 5.59. The smallest absolute Gasteiger partial charge is 0.120 e. The lowest BCUT2D eigenvalue weighted by Crippen LogP contribution is -2.22. The van der Waals surface area contributed by atoms with Crippen LogP contribution >= 0.6 is 0 Å². The van der Waals surface area contributed by atoms with Crippen molar-refractivity contribution in [1.29, 1.82) is 0 Å². The van der Waals surface area contributed by atoms with E-state index in [2.05, 4.69) is 68.6 Å². The summed E-state index contributed by atoms with van der Waals surface area (Å²) in [6.07, 6.45) is 1.03. The van der Waals surface area contributed by atoms with E-state index in [4.69, 9.17) is 4.74 Å². The Hall–Kier alpha value is -1.80. The fourth-order valence-corrected chi connectivity index (χ4v) is 2.20. The van der Waals surface area contributed by atoms with Gasteiger partial charge in [-0.15, -0.1) is 0 Å². The number of hydrogen-bond donors (Lipinski definition) is 1. The molecule has 0 heterocycles. The zero-order chi connectivity index (χ0) is 15.1. The Labute approximate surface area is 128 Å². The van der Waals surface area contributed by atoms with Crippen molar-refractivity contribution in [2.45, 2.75) is 46.4 Å². The van der Waals surface area contributed by atoms with E-state index < -0.39 is 0 Å². The van der Waals surface area contributed by atoms with Crippen molar-refractivity contribution >= 4 is 0 Å². The van der Waals surface area contributed by atoms with Crippen LogP contribution < -0.4 is 10.1 Å². The maximum absolute atomic E-state index is 5.95. The quantitative estimate of drug-likeness (QED) is 0.817. The molecule has 112 valence electrons. The van der Waals surface area contributed by atoms with Crippen LogP contribution in [0.3, 0.4) is 0 Å². The number of aryl methyl sites for hydroxylation is 1. The number of nitrogens with one attached hydrogen (secondary N) is 1. The second-order valence-electron chi connectivity index (χ2n) is 5.59. The highest BCUT2D eigenvalue weighted by Crippen LogP contribution is 2.17. The average molecular weight is 283 g/mol. The lowest BCUT2D eigenvalue weighted by Gasteiger charge is -2.14. The third kappa shape index (κ3) is 4.91. The molecule has 2 nitrogen and oxygen atoms in total. The van der Waals surface area contributed by atoms with Crippen LogP contribution in [0.15, 0.2) is 48.5 Å². The van der Waals surface area contributed by atoms with Gasteiger partial charge in [-0.2, -0.15) is 0 Å². The third-order valence-corrected chi connectivity index (χ3v) is 3.52. The van der Waals surface area contributed by atoms with Gasteiger partial charge in [0.15, 0.2) is 0 Å². The van der Waals surface area contributed by atoms with Gasteiger partial charge in [0.25, 0.3) is 0 Å². The fourth-order valence-electron chi connectivity index (χ4n) is 2.20. The van der Waals surface area contributed by atoms with Gasteiger partial charge in [0.1, 0.15) is 12.4 Å². The highest BCUT2D eigenvalue weighted by Gasteiger charge is 2.04. The molecule has 21 heavy (non-hydrogen) atoms. The molecule has 2 aromatic rings. The largest absolute Gasteiger partial charge is 0.489 e. The van der Waals surface area contributed by atoms with E-state index in [1.807, 2.05) is 6.07 Å². The van der Waals surface area contributed by atoms with Gasteiger partial charge >= 0.3 is 0 Å². The first-order chi connectivity index (χ1) is 10.2. The molecule has 0 aliphatic heterocycles. The summed E-state index contributed by atoms with van der Waals surface area (Å²) >= 11 is 0.